The first-order chi connectivity index (χ1) is 7.89. The lowest BCUT2D eigenvalue weighted by Crippen LogP contribution is -2.34. The van der Waals surface area contributed by atoms with Crippen molar-refractivity contribution in [2.75, 3.05) is 13.6 Å². The molecule has 94 valence electrons. The normalized spacial score (nSPS) is 29.8. The number of likely N-dealkylation sites (N-methyl/N-ethyl adjacent to an activating group) is 1. The minimum atomic E-state index is -0.632. The van der Waals surface area contributed by atoms with Gasteiger partial charge >= 0.3 is 0 Å². The third-order valence-electron chi connectivity index (χ3n) is 3.70. The van der Waals surface area contributed by atoms with Gasteiger partial charge in [-0.2, -0.15) is 0 Å². The number of nitrogens with zero attached hydrogens (tertiary/aromatic N) is 1. The number of benzene rings is 1. The van der Waals surface area contributed by atoms with Crippen molar-refractivity contribution in [1.82, 2.24) is 4.90 Å². The molecule has 1 heterocycles. The first-order valence-corrected chi connectivity index (χ1v) is 6.45. The van der Waals surface area contributed by atoms with Crippen LogP contribution in [-0.2, 0) is 6.42 Å². The van der Waals surface area contributed by atoms with Gasteiger partial charge in [0.15, 0.2) is 0 Å². The Balaban J connectivity index is 2.16. The van der Waals surface area contributed by atoms with E-state index < -0.39 is 5.60 Å². The summed E-state index contributed by atoms with van der Waals surface area (Å²) in [5.41, 5.74) is 1.57. The van der Waals surface area contributed by atoms with Crippen molar-refractivity contribution in [2.45, 2.75) is 38.3 Å². The predicted octanol–water partition coefficient (Wildman–Crippen LogP) is 2.65. The highest BCUT2D eigenvalue weighted by Crippen LogP contribution is 2.31. The molecule has 0 aromatic heterocycles. The molecule has 2 rings (SSSR count). The Bertz CT molecular complexity index is 409. The zero-order valence-corrected chi connectivity index (χ0v) is 11.5. The third kappa shape index (κ3) is 2.82. The molecule has 1 aromatic carbocycles. The zero-order valence-electron chi connectivity index (χ0n) is 10.7. The van der Waals surface area contributed by atoms with E-state index in [2.05, 4.69) is 18.9 Å². The van der Waals surface area contributed by atoms with Gasteiger partial charge in [-0.15, -0.1) is 0 Å². The molecule has 17 heavy (non-hydrogen) atoms. The van der Waals surface area contributed by atoms with Crippen molar-refractivity contribution in [1.29, 1.82) is 0 Å². The average molecular weight is 254 g/mol. The SMILES string of the molecule is Cc1ccc(CC2(O)CC(C)N(C)C2)c(Cl)c1. The van der Waals surface area contributed by atoms with Crippen molar-refractivity contribution in [3.63, 3.8) is 0 Å². The summed E-state index contributed by atoms with van der Waals surface area (Å²) >= 11 is 6.22. The number of halogens is 1. The van der Waals surface area contributed by atoms with E-state index in [1.54, 1.807) is 0 Å². The summed E-state index contributed by atoms with van der Waals surface area (Å²) in [5, 5.41) is 11.3. The summed E-state index contributed by atoms with van der Waals surface area (Å²) < 4.78 is 0. The number of β-amino-alcohol motifs (C(OH)–C–C–N with tert-alkyl or cyclic N) is 1. The molecule has 2 unspecified atom stereocenters. The maximum absolute atomic E-state index is 10.6. The highest BCUT2D eigenvalue weighted by atomic mass is 35.5. The molecule has 1 aliphatic heterocycles. The van der Waals surface area contributed by atoms with Crippen LogP contribution in [0, 0.1) is 6.92 Å². The molecule has 1 fully saturated rings. The van der Waals surface area contributed by atoms with Crippen LogP contribution in [0.4, 0.5) is 0 Å². The van der Waals surface area contributed by atoms with E-state index in [-0.39, 0.29) is 0 Å². The van der Waals surface area contributed by atoms with Crippen LogP contribution in [0.3, 0.4) is 0 Å². The van der Waals surface area contributed by atoms with E-state index in [1.165, 1.54) is 0 Å². The smallest absolute Gasteiger partial charge is 0.0829 e. The largest absolute Gasteiger partial charge is 0.388 e. The Morgan fingerprint density at radius 3 is 2.76 bits per heavy atom. The number of aryl methyl sites for hydroxylation is 1. The van der Waals surface area contributed by atoms with Crippen molar-refractivity contribution < 1.29 is 5.11 Å². The zero-order chi connectivity index (χ0) is 12.6. The van der Waals surface area contributed by atoms with E-state index in [1.807, 2.05) is 25.1 Å². The summed E-state index contributed by atoms with van der Waals surface area (Å²) in [7, 11) is 2.05. The fourth-order valence-corrected chi connectivity index (χ4v) is 2.97. The second kappa shape index (κ2) is 4.60. The van der Waals surface area contributed by atoms with Crippen LogP contribution in [0.2, 0.25) is 5.02 Å². The van der Waals surface area contributed by atoms with Gasteiger partial charge in [0.05, 0.1) is 5.60 Å². The molecule has 2 atom stereocenters. The molecule has 1 aromatic rings. The Labute approximate surface area is 108 Å². The molecule has 0 amide bonds. The van der Waals surface area contributed by atoms with Crippen LogP contribution in [0.1, 0.15) is 24.5 Å². The van der Waals surface area contributed by atoms with Crippen LogP contribution in [0.15, 0.2) is 18.2 Å². The van der Waals surface area contributed by atoms with Gasteiger partial charge in [0.2, 0.25) is 0 Å². The minimum absolute atomic E-state index is 0.434. The van der Waals surface area contributed by atoms with E-state index in [4.69, 9.17) is 11.6 Å². The van der Waals surface area contributed by atoms with Crippen LogP contribution in [0.25, 0.3) is 0 Å². The van der Waals surface area contributed by atoms with E-state index in [9.17, 15) is 5.11 Å². The number of hydrogen-bond donors (Lipinski definition) is 1. The van der Waals surface area contributed by atoms with E-state index in [0.717, 1.165) is 29.1 Å². The van der Waals surface area contributed by atoms with Gasteiger partial charge in [-0.05, 0) is 44.5 Å². The molecular weight excluding hydrogens is 234 g/mol. The number of likely N-dealkylation sites (tertiary alicyclic amines) is 1. The quantitative estimate of drug-likeness (QED) is 0.876. The monoisotopic (exact) mass is 253 g/mol. The maximum atomic E-state index is 10.6. The molecular formula is C14H20ClNO. The first-order valence-electron chi connectivity index (χ1n) is 6.07. The minimum Gasteiger partial charge on any atom is -0.388 e. The third-order valence-corrected chi connectivity index (χ3v) is 4.05. The lowest BCUT2D eigenvalue weighted by atomic mass is 9.92. The summed E-state index contributed by atoms with van der Waals surface area (Å²) in [6, 6.07) is 6.47. The molecule has 0 bridgehead atoms. The van der Waals surface area contributed by atoms with Crippen LogP contribution < -0.4 is 0 Å². The van der Waals surface area contributed by atoms with Crippen LogP contribution in [-0.4, -0.2) is 35.2 Å². The van der Waals surface area contributed by atoms with Gasteiger partial charge in [-0.3, -0.25) is 0 Å². The van der Waals surface area contributed by atoms with Crippen LogP contribution >= 0.6 is 11.6 Å². The summed E-state index contributed by atoms with van der Waals surface area (Å²) in [4.78, 5) is 2.20. The molecule has 0 aliphatic carbocycles. The molecule has 1 saturated heterocycles. The van der Waals surface area contributed by atoms with Gasteiger partial charge in [-0.1, -0.05) is 23.7 Å². The van der Waals surface area contributed by atoms with E-state index >= 15 is 0 Å². The van der Waals surface area contributed by atoms with Gasteiger partial charge in [0.25, 0.3) is 0 Å². The maximum Gasteiger partial charge on any atom is 0.0829 e. The molecule has 0 saturated carbocycles. The van der Waals surface area contributed by atoms with Crippen molar-refractivity contribution in [2.24, 2.45) is 0 Å². The van der Waals surface area contributed by atoms with Crippen molar-refractivity contribution >= 4 is 11.6 Å². The van der Waals surface area contributed by atoms with Gasteiger partial charge < -0.3 is 10.0 Å². The average Bonchev–Trinajstić information content (AvgIpc) is 2.46. The standard InChI is InChI=1S/C14H20ClNO/c1-10-4-5-12(13(15)6-10)8-14(17)7-11(2)16(3)9-14/h4-6,11,17H,7-9H2,1-3H3. The fourth-order valence-electron chi connectivity index (χ4n) is 2.67. The first kappa shape index (κ1) is 12.9. The topological polar surface area (TPSA) is 23.5 Å². The predicted molar refractivity (Wildman–Crippen MR) is 71.6 cm³/mol. The van der Waals surface area contributed by atoms with Crippen molar-refractivity contribution in [3.8, 4) is 0 Å². The second-order valence-electron chi connectivity index (χ2n) is 5.46. The Morgan fingerprint density at radius 1 is 1.53 bits per heavy atom. The molecule has 1 aliphatic rings. The summed E-state index contributed by atoms with van der Waals surface area (Å²) in [6.45, 7) is 4.89. The summed E-state index contributed by atoms with van der Waals surface area (Å²) in [6.07, 6.45) is 1.45. The highest BCUT2D eigenvalue weighted by Gasteiger charge is 2.39. The number of rotatable bonds is 2. The lowest BCUT2D eigenvalue weighted by Gasteiger charge is -2.23. The summed E-state index contributed by atoms with van der Waals surface area (Å²) in [5.74, 6) is 0. The lowest BCUT2D eigenvalue weighted by molar-refractivity contribution is 0.0521. The van der Waals surface area contributed by atoms with Gasteiger partial charge in [0, 0.05) is 24.0 Å². The van der Waals surface area contributed by atoms with Gasteiger partial charge in [0.1, 0.15) is 0 Å². The Kier molecular flexibility index (Phi) is 3.48. The molecule has 3 heteroatoms. The van der Waals surface area contributed by atoms with Crippen LogP contribution in [0.5, 0.6) is 0 Å². The van der Waals surface area contributed by atoms with Gasteiger partial charge in [-0.25, -0.2) is 0 Å². The number of hydrogen-bond acceptors (Lipinski definition) is 2. The molecule has 0 radical (unpaired) electrons. The molecule has 0 spiro atoms. The highest BCUT2D eigenvalue weighted by molar-refractivity contribution is 6.31. The molecule has 1 N–H and O–H groups in total. The Hall–Kier alpha value is -0.570. The second-order valence-corrected chi connectivity index (χ2v) is 5.87. The van der Waals surface area contributed by atoms with E-state index in [0.29, 0.717) is 12.5 Å². The fraction of sp³-hybridized carbons (Fsp3) is 0.571. The van der Waals surface area contributed by atoms with Crippen molar-refractivity contribution in [3.05, 3.63) is 34.3 Å². The molecule has 2 nitrogen and oxygen atoms in total. The number of aliphatic hydroxyl groups is 1. The Morgan fingerprint density at radius 2 is 2.24 bits per heavy atom.